The zero-order valence-corrected chi connectivity index (χ0v) is 14.5. The number of ether oxygens (including phenoxy) is 2. The van der Waals surface area contributed by atoms with Gasteiger partial charge in [-0.15, -0.1) is 0 Å². The normalized spacial score (nSPS) is 13.6. The van der Waals surface area contributed by atoms with Gasteiger partial charge in [0.05, 0.1) is 6.04 Å². The molecule has 1 heterocycles. The molecular formula is C19H21N3O4. The van der Waals surface area contributed by atoms with Gasteiger partial charge in [0, 0.05) is 12.1 Å². The van der Waals surface area contributed by atoms with Gasteiger partial charge in [-0.25, -0.2) is 4.79 Å². The molecule has 1 aliphatic heterocycles. The first-order valence-corrected chi connectivity index (χ1v) is 8.35. The number of amides is 3. The predicted octanol–water partition coefficient (Wildman–Crippen LogP) is 2.12. The van der Waals surface area contributed by atoms with Gasteiger partial charge in [-0.2, -0.15) is 0 Å². The molecule has 0 saturated heterocycles. The van der Waals surface area contributed by atoms with Crippen LogP contribution >= 0.6 is 0 Å². The molecular weight excluding hydrogens is 334 g/mol. The summed E-state index contributed by atoms with van der Waals surface area (Å²) in [6.07, 6.45) is 0. The maximum atomic E-state index is 12.4. The minimum Gasteiger partial charge on any atom is -0.486 e. The average molecular weight is 355 g/mol. The zero-order chi connectivity index (χ0) is 18.5. The molecule has 7 nitrogen and oxygen atoms in total. The van der Waals surface area contributed by atoms with Gasteiger partial charge >= 0.3 is 6.03 Å². The highest BCUT2D eigenvalue weighted by Gasteiger charge is 2.16. The molecule has 136 valence electrons. The number of hydrogen-bond acceptors (Lipinski definition) is 4. The average Bonchev–Trinajstić information content (AvgIpc) is 2.66. The molecule has 0 radical (unpaired) electrons. The molecule has 2 aromatic rings. The fourth-order valence-electron chi connectivity index (χ4n) is 2.66. The molecule has 1 atom stereocenters. The van der Waals surface area contributed by atoms with Crippen molar-refractivity contribution in [3.8, 4) is 11.5 Å². The van der Waals surface area contributed by atoms with Crippen LogP contribution in [0.25, 0.3) is 0 Å². The van der Waals surface area contributed by atoms with Gasteiger partial charge in [0.1, 0.15) is 13.2 Å². The van der Waals surface area contributed by atoms with Crippen LogP contribution < -0.4 is 25.8 Å². The highest BCUT2D eigenvalue weighted by molar-refractivity contribution is 5.94. The van der Waals surface area contributed by atoms with Crippen LogP contribution in [0, 0.1) is 0 Å². The third-order valence-corrected chi connectivity index (χ3v) is 4.10. The summed E-state index contributed by atoms with van der Waals surface area (Å²) in [6.45, 7) is 3.30. The first-order valence-electron chi connectivity index (χ1n) is 8.35. The molecule has 3 amide bonds. The highest BCUT2D eigenvalue weighted by atomic mass is 16.6. The van der Waals surface area contributed by atoms with E-state index in [0.717, 1.165) is 16.9 Å². The number of primary amides is 1. The second-order valence-corrected chi connectivity index (χ2v) is 6.01. The Hall–Kier alpha value is -3.22. The molecule has 0 bridgehead atoms. The Morgan fingerprint density at radius 3 is 2.46 bits per heavy atom. The Bertz CT molecular complexity index is 805. The Balaban J connectivity index is 1.62. The zero-order valence-electron chi connectivity index (χ0n) is 14.5. The van der Waals surface area contributed by atoms with Crippen molar-refractivity contribution in [2.24, 2.45) is 5.73 Å². The van der Waals surface area contributed by atoms with E-state index in [-0.39, 0.29) is 11.9 Å². The van der Waals surface area contributed by atoms with E-state index in [0.29, 0.717) is 31.1 Å². The minimum absolute atomic E-state index is 0.179. The molecule has 0 aliphatic carbocycles. The second kappa shape index (κ2) is 7.77. The predicted molar refractivity (Wildman–Crippen MR) is 96.2 cm³/mol. The van der Waals surface area contributed by atoms with Crippen LogP contribution in [-0.4, -0.2) is 25.2 Å². The van der Waals surface area contributed by atoms with Crippen molar-refractivity contribution in [2.75, 3.05) is 13.2 Å². The van der Waals surface area contributed by atoms with Crippen LogP contribution in [-0.2, 0) is 6.54 Å². The van der Waals surface area contributed by atoms with Gasteiger partial charge in [0.15, 0.2) is 11.5 Å². The van der Waals surface area contributed by atoms with E-state index in [1.807, 2.05) is 25.1 Å². The first kappa shape index (κ1) is 17.6. The highest BCUT2D eigenvalue weighted by Crippen LogP contribution is 2.32. The van der Waals surface area contributed by atoms with E-state index < -0.39 is 6.03 Å². The maximum Gasteiger partial charge on any atom is 0.312 e. The van der Waals surface area contributed by atoms with Gasteiger partial charge in [-0.1, -0.05) is 18.2 Å². The third kappa shape index (κ3) is 4.24. The summed E-state index contributed by atoms with van der Waals surface area (Å²) in [7, 11) is 0. The Morgan fingerprint density at radius 1 is 1.08 bits per heavy atom. The molecule has 0 unspecified atom stereocenters. The Morgan fingerprint density at radius 2 is 1.77 bits per heavy atom. The van der Waals surface area contributed by atoms with Gasteiger partial charge in [0.2, 0.25) is 0 Å². The van der Waals surface area contributed by atoms with Crippen molar-refractivity contribution >= 4 is 11.9 Å². The summed E-state index contributed by atoms with van der Waals surface area (Å²) in [5.41, 5.74) is 7.38. The molecule has 3 rings (SSSR count). The third-order valence-electron chi connectivity index (χ3n) is 4.10. The largest absolute Gasteiger partial charge is 0.486 e. The molecule has 0 aromatic heterocycles. The number of nitrogens with one attached hydrogen (secondary N) is 2. The summed E-state index contributed by atoms with van der Waals surface area (Å²) >= 11 is 0. The standard InChI is InChI=1S/C19H21N3O4/c1-12(15-6-7-16-17(10-15)26-9-8-25-16)22-18(23)14-4-2-13(3-5-14)11-21-19(20)24/h2-7,10,12H,8-9,11H2,1H3,(H,22,23)(H3,20,21,24)/t12-/m1/s1. The van der Waals surface area contributed by atoms with Crippen molar-refractivity contribution in [1.82, 2.24) is 10.6 Å². The number of fused-ring (bicyclic) bond motifs is 1. The van der Waals surface area contributed by atoms with Crippen molar-refractivity contribution in [3.63, 3.8) is 0 Å². The summed E-state index contributed by atoms with van der Waals surface area (Å²) in [4.78, 5) is 23.2. The van der Waals surface area contributed by atoms with Gasteiger partial charge < -0.3 is 25.8 Å². The molecule has 4 N–H and O–H groups in total. The topological polar surface area (TPSA) is 103 Å². The van der Waals surface area contributed by atoms with Crippen molar-refractivity contribution < 1.29 is 19.1 Å². The van der Waals surface area contributed by atoms with Crippen LogP contribution in [0.15, 0.2) is 42.5 Å². The van der Waals surface area contributed by atoms with E-state index in [1.54, 1.807) is 24.3 Å². The number of carbonyl (C=O) groups is 2. The summed E-state index contributed by atoms with van der Waals surface area (Å²) in [6, 6.07) is 11.9. The second-order valence-electron chi connectivity index (χ2n) is 6.01. The van der Waals surface area contributed by atoms with Crippen molar-refractivity contribution in [1.29, 1.82) is 0 Å². The Labute approximate surface area is 151 Å². The molecule has 7 heteroatoms. The molecule has 2 aromatic carbocycles. The minimum atomic E-state index is -0.583. The SMILES string of the molecule is C[C@@H](NC(=O)c1ccc(CNC(N)=O)cc1)c1ccc2c(c1)OCCO2. The number of benzene rings is 2. The first-order chi connectivity index (χ1) is 12.5. The smallest absolute Gasteiger partial charge is 0.312 e. The number of hydrogen-bond donors (Lipinski definition) is 3. The lowest BCUT2D eigenvalue weighted by molar-refractivity contribution is 0.0939. The summed E-state index contributed by atoms with van der Waals surface area (Å²) in [5.74, 6) is 1.24. The lowest BCUT2D eigenvalue weighted by atomic mass is 10.1. The van der Waals surface area contributed by atoms with E-state index in [2.05, 4.69) is 10.6 Å². The van der Waals surface area contributed by atoms with Crippen LogP contribution in [0.5, 0.6) is 11.5 Å². The van der Waals surface area contributed by atoms with E-state index in [1.165, 1.54) is 0 Å². The molecule has 0 fully saturated rings. The Kier molecular flexibility index (Phi) is 5.26. The lowest BCUT2D eigenvalue weighted by Crippen LogP contribution is -2.29. The van der Waals surface area contributed by atoms with E-state index in [9.17, 15) is 9.59 Å². The van der Waals surface area contributed by atoms with Crippen LogP contribution in [0.4, 0.5) is 4.79 Å². The van der Waals surface area contributed by atoms with Gasteiger partial charge in [-0.3, -0.25) is 4.79 Å². The van der Waals surface area contributed by atoms with Crippen LogP contribution in [0.3, 0.4) is 0 Å². The lowest BCUT2D eigenvalue weighted by Gasteiger charge is -2.21. The number of nitrogens with two attached hydrogens (primary N) is 1. The molecule has 0 spiro atoms. The number of rotatable bonds is 5. The monoisotopic (exact) mass is 355 g/mol. The van der Waals surface area contributed by atoms with Crippen molar-refractivity contribution in [3.05, 3.63) is 59.2 Å². The number of carbonyl (C=O) groups excluding carboxylic acids is 2. The molecule has 26 heavy (non-hydrogen) atoms. The van der Waals surface area contributed by atoms with Crippen LogP contribution in [0.1, 0.15) is 34.5 Å². The van der Waals surface area contributed by atoms with Crippen molar-refractivity contribution in [2.45, 2.75) is 19.5 Å². The quantitative estimate of drug-likeness (QED) is 0.764. The summed E-state index contributed by atoms with van der Waals surface area (Å²) in [5, 5.41) is 5.47. The maximum absolute atomic E-state index is 12.4. The summed E-state index contributed by atoms with van der Waals surface area (Å²) < 4.78 is 11.1. The van der Waals surface area contributed by atoms with E-state index in [4.69, 9.17) is 15.2 Å². The molecule has 0 saturated carbocycles. The van der Waals surface area contributed by atoms with Crippen LogP contribution in [0.2, 0.25) is 0 Å². The van der Waals surface area contributed by atoms with E-state index >= 15 is 0 Å². The number of urea groups is 1. The van der Waals surface area contributed by atoms with Gasteiger partial charge in [0.25, 0.3) is 5.91 Å². The fourth-order valence-corrected chi connectivity index (χ4v) is 2.66. The fraction of sp³-hybridized carbons (Fsp3) is 0.263. The molecule has 1 aliphatic rings. The van der Waals surface area contributed by atoms with Gasteiger partial charge in [-0.05, 0) is 42.3 Å².